The molecule has 0 aliphatic carbocycles. The fourth-order valence-electron chi connectivity index (χ4n) is 2.30. The fourth-order valence-corrected chi connectivity index (χ4v) is 3.12. The summed E-state index contributed by atoms with van der Waals surface area (Å²) in [7, 11) is 0. The predicted octanol–water partition coefficient (Wildman–Crippen LogP) is 4.04. The van der Waals surface area contributed by atoms with E-state index in [0.717, 1.165) is 16.9 Å². The third kappa shape index (κ3) is 5.77. The minimum Gasteiger partial charge on any atom is -0.486 e. The van der Waals surface area contributed by atoms with Gasteiger partial charge in [0.15, 0.2) is 5.01 Å². The fraction of sp³-hybridized carbons (Fsp3) is 0.158. The van der Waals surface area contributed by atoms with Gasteiger partial charge in [-0.2, -0.15) is 0 Å². The SMILES string of the molecule is O=C(O)CCc1ccc(NC(=O)c2nnc(COc3cccc(Cl)c3)s2)cc1. The average molecular weight is 418 g/mol. The van der Waals surface area contributed by atoms with Gasteiger partial charge in [0.25, 0.3) is 5.91 Å². The zero-order valence-electron chi connectivity index (χ0n) is 14.6. The number of anilines is 1. The number of aryl methyl sites for hydroxylation is 1. The Bertz CT molecular complexity index is 975. The van der Waals surface area contributed by atoms with Gasteiger partial charge in [-0.1, -0.05) is 41.1 Å². The molecule has 3 aromatic rings. The number of amides is 1. The number of hydrogen-bond acceptors (Lipinski definition) is 6. The molecule has 0 bridgehead atoms. The summed E-state index contributed by atoms with van der Waals surface area (Å²) in [6, 6.07) is 14.0. The number of carbonyl (C=O) groups excluding carboxylic acids is 1. The molecule has 2 N–H and O–H groups in total. The number of aliphatic carboxylic acids is 1. The number of halogens is 1. The van der Waals surface area contributed by atoms with Gasteiger partial charge >= 0.3 is 5.97 Å². The highest BCUT2D eigenvalue weighted by Gasteiger charge is 2.13. The molecule has 0 unspecified atom stereocenters. The smallest absolute Gasteiger partial charge is 0.303 e. The Morgan fingerprint density at radius 3 is 2.64 bits per heavy atom. The number of carboxylic acids is 1. The van der Waals surface area contributed by atoms with Crippen molar-refractivity contribution >= 4 is 40.5 Å². The van der Waals surface area contributed by atoms with Crippen LogP contribution in [0.4, 0.5) is 5.69 Å². The summed E-state index contributed by atoms with van der Waals surface area (Å²) >= 11 is 7.05. The summed E-state index contributed by atoms with van der Waals surface area (Å²) in [6.45, 7) is 0.184. The van der Waals surface area contributed by atoms with E-state index >= 15 is 0 Å². The first kappa shape index (κ1) is 19.8. The molecule has 2 aromatic carbocycles. The molecule has 0 aliphatic rings. The van der Waals surface area contributed by atoms with E-state index in [9.17, 15) is 9.59 Å². The van der Waals surface area contributed by atoms with E-state index in [4.69, 9.17) is 21.4 Å². The van der Waals surface area contributed by atoms with Gasteiger partial charge in [-0.15, -0.1) is 10.2 Å². The van der Waals surface area contributed by atoms with E-state index in [-0.39, 0.29) is 23.9 Å². The van der Waals surface area contributed by atoms with Crippen LogP contribution in [0.3, 0.4) is 0 Å². The summed E-state index contributed by atoms with van der Waals surface area (Å²) in [5, 5.41) is 20.7. The molecule has 0 spiro atoms. The third-order valence-corrected chi connectivity index (χ3v) is 4.79. The Balaban J connectivity index is 1.54. The van der Waals surface area contributed by atoms with Crippen LogP contribution < -0.4 is 10.1 Å². The van der Waals surface area contributed by atoms with Crippen LogP contribution in [0.25, 0.3) is 0 Å². The second-order valence-corrected chi connectivity index (χ2v) is 7.29. The summed E-state index contributed by atoms with van der Waals surface area (Å²) in [5.74, 6) is -0.606. The number of nitrogens with zero attached hydrogens (tertiary/aromatic N) is 2. The number of ether oxygens (including phenoxy) is 1. The molecule has 0 atom stereocenters. The Kier molecular flexibility index (Phi) is 6.57. The van der Waals surface area contributed by atoms with Crippen molar-refractivity contribution in [2.45, 2.75) is 19.4 Å². The third-order valence-electron chi connectivity index (χ3n) is 3.66. The molecule has 0 saturated carbocycles. The van der Waals surface area contributed by atoms with Gasteiger partial charge in [-0.25, -0.2) is 0 Å². The predicted molar refractivity (Wildman–Crippen MR) is 106 cm³/mol. The lowest BCUT2D eigenvalue weighted by atomic mass is 10.1. The molecule has 144 valence electrons. The number of benzene rings is 2. The monoisotopic (exact) mass is 417 g/mol. The lowest BCUT2D eigenvalue weighted by molar-refractivity contribution is -0.136. The first-order valence-electron chi connectivity index (χ1n) is 8.32. The molecular weight excluding hydrogens is 402 g/mol. The van der Waals surface area contributed by atoms with E-state index in [0.29, 0.717) is 27.9 Å². The summed E-state index contributed by atoms with van der Waals surface area (Å²) in [6.07, 6.45) is 0.506. The minimum absolute atomic E-state index is 0.0660. The van der Waals surface area contributed by atoms with Crippen LogP contribution in [-0.4, -0.2) is 27.2 Å². The van der Waals surface area contributed by atoms with Crippen LogP contribution >= 0.6 is 22.9 Å². The molecule has 3 rings (SSSR count). The van der Waals surface area contributed by atoms with Crippen LogP contribution in [0.1, 0.15) is 26.8 Å². The second-order valence-electron chi connectivity index (χ2n) is 5.79. The maximum absolute atomic E-state index is 12.3. The molecule has 1 amide bonds. The van der Waals surface area contributed by atoms with Crippen molar-refractivity contribution in [1.82, 2.24) is 10.2 Å². The van der Waals surface area contributed by atoms with Crippen LogP contribution in [-0.2, 0) is 17.8 Å². The highest BCUT2D eigenvalue weighted by Crippen LogP contribution is 2.20. The molecule has 0 saturated heterocycles. The van der Waals surface area contributed by atoms with E-state index in [1.807, 2.05) is 0 Å². The van der Waals surface area contributed by atoms with Crippen molar-refractivity contribution in [2.75, 3.05) is 5.32 Å². The highest BCUT2D eigenvalue weighted by atomic mass is 35.5. The number of hydrogen-bond donors (Lipinski definition) is 2. The van der Waals surface area contributed by atoms with E-state index in [1.54, 1.807) is 48.5 Å². The molecule has 1 aromatic heterocycles. The van der Waals surface area contributed by atoms with Gasteiger partial charge in [-0.05, 0) is 42.3 Å². The zero-order valence-corrected chi connectivity index (χ0v) is 16.2. The van der Waals surface area contributed by atoms with Gasteiger partial charge in [0.2, 0.25) is 5.01 Å². The number of nitrogens with one attached hydrogen (secondary N) is 1. The van der Waals surface area contributed by atoms with Crippen molar-refractivity contribution in [1.29, 1.82) is 0 Å². The van der Waals surface area contributed by atoms with Gasteiger partial charge in [0.1, 0.15) is 12.4 Å². The Labute approximate surface area is 170 Å². The van der Waals surface area contributed by atoms with E-state index in [1.165, 1.54) is 0 Å². The summed E-state index contributed by atoms with van der Waals surface area (Å²) < 4.78 is 5.59. The molecule has 9 heteroatoms. The van der Waals surface area contributed by atoms with Crippen molar-refractivity contribution in [3.8, 4) is 5.75 Å². The standard InChI is InChI=1S/C19H16ClN3O4S/c20-13-2-1-3-15(10-13)27-11-16-22-23-19(28-16)18(26)21-14-7-4-12(5-8-14)6-9-17(24)25/h1-5,7-8,10H,6,9,11H2,(H,21,26)(H,24,25). The van der Waals surface area contributed by atoms with Crippen LogP contribution in [0.5, 0.6) is 5.75 Å². The molecule has 0 aliphatic heterocycles. The van der Waals surface area contributed by atoms with Crippen molar-refractivity contribution in [3.63, 3.8) is 0 Å². The maximum atomic E-state index is 12.3. The van der Waals surface area contributed by atoms with Crippen molar-refractivity contribution in [3.05, 3.63) is 69.1 Å². The number of rotatable bonds is 8. The van der Waals surface area contributed by atoms with Gasteiger partial charge in [-0.3, -0.25) is 9.59 Å². The minimum atomic E-state index is -0.844. The molecule has 0 radical (unpaired) electrons. The molecular formula is C19H16ClN3O4S. The quantitative estimate of drug-likeness (QED) is 0.573. The van der Waals surface area contributed by atoms with Gasteiger partial charge in [0, 0.05) is 17.1 Å². The van der Waals surface area contributed by atoms with E-state index < -0.39 is 5.97 Å². The van der Waals surface area contributed by atoms with Crippen LogP contribution in [0.15, 0.2) is 48.5 Å². The average Bonchev–Trinajstić information content (AvgIpc) is 3.15. The van der Waals surface area contributed by atoms with Crippen molar-refractivity contribution in [2.24, 2.45) is 0 Å². The lowest BCUT2D eigenvalue weighted by Crippen LogP contribution is -2.11. The summed E-state index contributed by atoms with van der Waals surface area (Å²) in [4.78, 5) is 22.9. The maximum Gasteiger partial charge on any atom is 0.303 e. The van der Waals surface area contributed by atoms with Gasteiger partial charge < -0.3 is 15.2 Å². The Morgan fingerprint density at radius 1 is 1.14 bits per heavy atom. The highest BCUT2D eigenvalue weighted by molar-refractivity contribution is 7.13. The molecule has 0 fully saturated rings. The molecule has 28 heavy (non-hydrogen) atoms. The Hall–Kier alpha value is -2.97. The topological polar surface area (TPSA) is 101 Å². The second kappa shape index (κ2) is 9.29. The normalized spacial score (nSPS) is 10.5. The summed E-state index contributed by atoms with van der Waals surface area (Å²) in [5.41, 5.74) is 1.48. The zero-order chi connectivity index (χ0) is 19.9. The number of aromatic nitrogens is 2. The van der Waals surface area contributed by atoms with Crippen LogP contribution in [0.2, 0.25) is 5.02 Å². The van der Waals surface area contributed by atoms with Crippen LogP contribution in [0, 0.1) is 0 Å². The largest absolute Gasteiger partial charge is 0.486 e. The molecule has 7 nitrogen and oxygen atoms in total. The Morgan fingerprint density at radius 2 is 1.93 bits per heavy atom. The number of carboxylic acid groups (broad SMARTS) is 1. The first-order chi connectivity index (χ1) is 13.5. The number of carbonyl (C=O) groups is 2. The lowest BCUT2D eigenvalue weighted by Gasteiger charge is -2.04. The first-order valence-corrected chi connectivity index (χ1v) is 9.52. The molecule has 1 heterocycles. The van der Waals surface area contributed by atoms with Crippen molar-refractivity contribution < 1.29 is 19.4 Å². The van der Waals surface area contributed by atoms with E-state index in [2.05, 4.69) is 15.5 Å². The van der Waals surface area contributed by atoms with Gasteiger partial charge in [0.05, 0.1) is 0 Å².